The van der Waals surface area contributed by atoms with Crippen LogP contribution in [0.5, 0.6) is 0 Å². The summed E-state index contributed by atoms with van der Waals surface area (Å²) < 4.78 is 0. The van der Waals surface area contributed by atoms with Crippen molar-refractivity contribution in [3.63, 3.8) is 0 Å². The second kappa shape index (κ2) is 5.40. The van der Waals surface area contributed by atoms with Gasteiger partial charge in [-0.15, -0.1) is 11.3 Å². The van der Waals surface area contributed by atoms with Crippen LogP contribution in [-0.2, 0) is 11.2 Å². The molecule has 98 valence electrons. The molecule has 0 aromatic carbocycles. The summed E-state index contributed by atoms with van der Waals surface area (Å²) in [5.74, 6) is -1.05. The minimum absolute atomic E-state index is 0.00955. The van der Waals surface area contributed by atoms with E-state index in [9.17, 15) is 14.4 Å². The second-order valence-corrected chi connectivity index (χ2v) is 4.40. The average molecular weight is 279 g/mol. The maximum absolute atomic E-state index is 11.7. The van der Waals surface area contributed by atoms with Gasteiger partial charge in [-0.25, -0.2) is 9.97 Å². The average Bonchev–Trinajstić information content (AvgIpc) is 2.75. The van der Waals surface area contributed by atoms with Gasteiger partial charge >= 0.3 is 0 Å². The first kappa shape index (κ1) is 12.9. The van der Waals surface area contributed by atoms with Crippen LogP contribution in [0.3, 0.4) is 0 Å². The van der Waals surface area contributed by atoms with E-state index in [4.69, 9.17) is 5.73 Å². The highest BCUT2D eigenvalue weighted by Crippen LogP contribution is 2.16. The van der Waals surface area contributed by atoms with Gasteiger partial charge in [0.2, 0.25) is 5.91 Å². The third kappa shape index (κ3) is 3.45. The van der Waals surface area contributed by atoms with Gasteiger partial charge in [-0.2, -0.15) is 0 Å². The molecule has 0 saturated heterocycles. The van der Waals surface area contributed by atoms with Crippen molar-refractivity contribution in [1.29, 1.82) is 0 Å². The molecule has 0 radical (unpaired) electrons. The number of aromatic nitrogens is 3. The molecule has 2 amide bonds. The molecule has 0 spiro atoms. The molecule has 19 heavy (non-hydrogen) atoms. The van der Waals surface area contributed by atoms with Crippen LogP contribution in [0.15, 0.2) is 22.6 Å². The number of hydrogen-bond donors (Lipinski definition) is 3. The number of carbonyl (C=O) groups is 2. The van der Waals surface area contributed by atoms with Gasteiger partial charge in [0.15, 0.2) is 5.13 Å². The zero-order valence-corrected chi connectivity index (χ0v) is 10.4. The number of hydrogen-bond acceptors (Lipinski definition) is 6. The first-order valence-corrected chi connectivity index (χ1v) is 6.01. The molecule has 2 heterocycles. The number of nitrogens with one attached hydrogen (secondary N) is 2. The molecule has 0 bridgehead atoms. The molecule has 0 atom stereocenters. The molecule has 0 aliphatic heterocycles. The molecule has 0 aliphatic carbocycles. The van der Waals surface area contributed by atoms with E-state index in [1.807, 2.05) is 0 Å². The van der Waals surface area contributed by atoms with Crippen LogP contribution in [0.4, 0.5) is 5.13 Å². The van der Waals surface area contributed by atoms with E-state index in [2.05, 4.69) is 20.3 Å². The number of carbonyl (C=O) groups excluding carboxylic acids is 2. The highest BCUT2D eigenvalue weighted by atomic mass is 32.1. The zero-order chi connectivity index (χ0) is 13.8. The maximum Gasteiger partial charge on any atom is 0.276 e. The molecule has 2 aromatic rings. The molecule has 2 rings (SSSR count). The van der Waals surface area contributed by atoms with Crippen molar-refractivity contribution >= 4 is 28.3 Å². The molecule has 4 N–H and O–H groups in total. The van der Waals surface area contributed by atoms with Gasteiger partial charge in [-0.1, -0.05) is 0 Å². The fourth-order valence-corrected chi connectivity index (χ4v) is 1.98. The number of anilines is 1. The lowest BCUT2D eigenvalue weighted by Gasteiger charge is -1.99. The molecule has 0 saturated carbocycles. The van der Waals surface area contributed by atoms with E-state index in [0.717, 1.165) is 23.7 Å². The Bertz CT molecular complexity index is 678. The van der Waals surface area contributed by atoms with Crippen LogP contribution in [-0.4, -0.2) is 26.8 Å². The largest absolute Gasteiger partial charge is 0.369 e. The standard InChI is InChI=1S/C10H9N5O3S/c11-7(16)1-5-3-19-10(14-5)15-9(18)6-2-8(17)13-4-12-6/h2-4H,1H2,(H2,11,16)(H,12,13,17)(H,14,15,18). The highest BCUT2D eigenvalue weighted by Gasteiger charge is 2.11. The van der Waals surface area contributed by atoms with Crippen molar-refractivity contribution in [2.75, 3.05) is 5.32 Å². The van der Waals surface area contributed by atoms with Crippen LogP contribution >= 0.6 is 11.3 Å². The summed E-state index contributed by atoms with van der Waals surface area (Å²) in [6.07, 6.45) is 1.15. The van der Waals surface area contributed by atoms with Crippen molar-refractivity contribution in [1.82, 2.24) is 15.0 Å². The number of aromatic amines is 1. The molecular formula is C10H9N5O3S. The summed E-state index contributed by atoms with van der Waals surface area (Å²) in [4.78, 5) is 43.5. The van der Waals surface area contributed by atoms with E-state index in [1.54, 1.807) is 5.38 Å². The molecule has 0 aliphatic rings. The minimum Gasteiger partial charge on any atom is -0.369 e. The molecular weight excluding hydrogens is 270 g/mol. The van der Waals surface area contributed by atoms with Crippen molar-refractivity contribution in [3.8, 4) is 0 Å². The van der Waals surface area contributed by atoms with Gasteiger partial charge in [-0.05, 0) is 0 Å². The Labute approximate surface area is 110 Å². The smallest absolute Gasteiger partial charge is 0.276 e. The van der Waals surface area contributed by atoms with Gasteiger partial charge in [0.1, 0.15) is 5.69 Å². The third-order valence-electron chi connectivity index (χ3n) is 2.04. The molecule has 8 nitrogen and oxygen atoms in total. The topological polar surface area (TPSA) is 131 Å². The van der Waals surface area contributed by atoms with Gasteiger partial charge in [0.05, 0.1) is 18.4 Å². The van der Waals surface area contributed by atoms with E-state index >= 15 is 0 Å². The number of nitrogens with two attached hydrogens (primary N) is 1. The summed E-state index contributed by atoms with van der Waals surface area (Å²) in [5, 5.41) is 4.41. The quantitative estimate of drug-likeness (QED) is 0.694. The Morgan fingerprint density at radius 3 is 2.95 bits per heavy atom. The number of amides is 2. The third-order valence-corrected chi connectivity index (χ3v) is 2.84. The van der Waals surface area contributed by atoms with E-state index in [0.29, 0.717) is 10.8 Å². The second-order valence-electron chi connectivity index (χ2n) is 3.54. The molecule has 9 heteroatoms. The van der Waals surface area contributed by atoms with Crippen molar-refractivity contribution < 1.29 is 9.59 Å². The minimum atomic E-state index is -0.550. The lowest BCUT2D eigenvalue weighted by atomic mass is 10.3. The Balaban J connectivity index is 2.09. The number of primary amides is 1. The van der Waals surface area contributed by atoms with Gasteiger partial charge in [-0.3, -0.25) is 19.7 Å². The summed E-state index contributed by atoms with van der Waals surface area (Å²) in [6, 6.07) is 1.08. The number of H-pyrrole nitrogens is 1. The van der Waals surface area contributed by atoms with E-state index in [1.165, 1.54) is 0 Å². The molecule has 0 unspecified atom stereocenters. The maximum atomic E-state index is 11.7. The monoisotopic (exact) mass is 279 g/mol. The van der Waals surface area contributed by atoms with Crippen molar-refractivity contribution in [2.24, 2.45) is 5.73 Å². The Morgan fingerprint density at radius 2 is 2.26 bits per heavy atom. The van der Waals surface area contributed by atoms with Crippen molar-refractivity contribution in [3.05, 3.63) is 39.5 Å². The number of nitrogens with zero attached hydrogens (tertiary/aromatic N) is 2. The normalized spacial score (nSPS) is 10.1. The van der Waals surface area contributed by atoms with E-state index < -0.39 is 17.4 Å². The highest BCUT2D eigenvalue weighted by molar-refractivity contribution is 7.14. The lowest BCUT2D eigenvalue weighted by molar-refractivity contribution is -0.117. The summed E-state index contributed by atoms with van der Waals surface area (Å²) in [7, 11) is 0. The number of thiazole rings is 1. The predicted octanol–water partition coefficient (Wildman–Crippen LogP) is -0.494. The summed E-state index contributed by atoms with van der Waals surface area (Å²) in [6.45, 7) is 0. The Kier molecular flexibility index (Phi) is 3.66. The SMILES string of the molecule is NC(=O)Cc1csc(NC(=O)c2cc(=O)[nH]cn2)n1. The fourth-order valence-electron chi connectivity index (χ4n) is 1.28. The first-order chi connectivity index (χ1) is 9.04. The fraction of sp³-hybridized carbons (Fsp3) is 0.100. The van der Waals surface area contributed by atoms with Gasteiger partial charge < -0.3 is 10.7 Å². The van der Waals surface area contributed by atoms with Gasteiger partial charge in [0.25, 0.3) is 11.5 Å². The first-order valence-electron chi connectivity index (χ1n) is 5.13. The van der Waals surface area contributed by atoms with E-state index in [-0.39, 0.29) is 12.1 Å². The summed E-state index contributed by atoms with van der Waals surface area (Å²) >= 11 is 1.15. The lowest BCUT2D eigenvalue weighted by Crippen LogP contribution is -2.18. The van der Waals surface area contributed by atoms with Crippen LogP contribution < -0.4 is 16.6 Å². The van der Waals surface area contributed by atoms with Crippen LogP contribution in [0.2, 0.25) is 0 Å². The van der Waals surface area contributed by atoms with Crippen LogP contribution in [0.1, 0.15) is 16.2 Å². The van der Waals surface area contributed by atoms with Crippen molar-refractivity contribution in [2.45, 2.75) is 6.42 Å². The van der Waals surface area contributed by atoms with Crippen LogP contribution in [0, 0.1) is 0 Å². The Hall–Kier alpha value is -2.55. The predicted molar refractivity (Wildman–Crippen MR) is 67.8 cm³/mol. The molecule has 0 fully saturated rings. The van der Waals surface area contributed by atoms with Gasteiger partial charge in [0, 0.05) is 11.4 Å². The van der Waals surface area contributed by atoms with Crippen LogP contribution in [0.25, 0.3) is 0 Å². The molecule has 2 aromatic heterocycles. The summed E-state index contributed by atoms with van der Waals surface area (Å²) in [5.41, 5.74) is 5.07. The Morgan fingerprint density at radius 1 is 1.47 bits per heavy atom. The zero-order valence-electron chi connectivity index (χ0n) is 9.54. The number of rotatable bonds is 4.